The maximum atomic E-state index is 5.93. The van der Waals surface area contributed by atoms with Crippen LogP contribution >= 0.6 is 34.5 Å². The Morgan fingerprint density at radius 2 is 2.33 bits per heavy atom. The second kappa shape index (κ2) is 5.03. The predicted octanol–water partition coefficient (Wildman–Crippen LogP) is 2.89. The number of thiophene rings is 1. The highest BCUT2D eigenvalue weighted by Crippen LogP contribution is 2.19. The van der Waals surface area contributed by atoms with E-state index in [1.165, 1.54) is 17.1 Å². The van der Waals surface area contributed by atoms with Crippen molar-refractivity contribution in [3.05, 3.63) is 32.4 Å². The van der Waals surface area contributed by atoms with E-state index < -0.39 is 0 Å². The minimum Gasteiger partial charge on any atom is -0.296 e. The fourth-order valence-electron chi connectivity index (χ4n) is 1.30. The van der Waals surface area contributed by atoms with E-state index in [2.05, 4.69) is 31.3 Å². The van der Waals surface area contributed by atoms with Gasteiger partial charge < -0.3 is 0 Å². The van der Waals surface area contributed by atoms with Crippen LogP contribution < -0.4 is 0 Å². The SMILES string of the molecule is CN(Cc1ccsc1)Cc1nnsc1Cl. The molecule has 0 bridgehead atoms. The second-order valence-corrected chi connectivity index (χ2v) is 5.43. The molecule has 0 aromatic carbocycles. The Balaban J connectivity index is 1.93. The molecular formula is C9H10ClN3S2. The van der Waals surface area contributed by atoms with E-state index in [1.807, 2.05) is 7.05 Å². The van der Waals surface area contributed by atoms with Gasteiger partial charge in [0.25, 0.3) is 0 Å². The Morgan fingerprint density at radius 1 is 1.47 bits per heavy atom. The van der Waals surface area contributed by atoms with Crippen molar-refractivity contribution in [2.75, 3.05) is 7.05 Å². The van der Waals surface area contributed by atoms with Crippen LogP contribution in [-0.4, -0.2) is 21.5 Å². The molecule has 0 saturated heterocycles. The van der Waals surface area contributed by atoms with Crippen molar-refractivity contribution in [3.63, 3.8) is 0 Å². The average Bonchev–Trinajstić information content (AvgIpc) is 2.79. The highest BCUT2D eigenvalue weighted by Gasteiger charge is 2.08. The van der Waals surface area contributed by atoms with Gasteiger partial charge in [-0.05, 0) is 29.4 Å². The van der Waals surface area contributed by atoms with Crippen molar-refractivity contribution in [2.45, 2.75) is 13.1 Å². The second-order valence-electron chi connectivity index (χ2n) is 3.30. The number of nitrogens with zero attached hydrogens (tertiary/aromatic N) is 3. The third-order valence-electron chi connectivity index (χ3n) is 1.96. The summed E-state index contributed by atoms with van der Waals surface area (Å²) in [6, 6.07) is 2.13. The van der Waals surface area contributed by atoms with Gasteiger partial charge in [0.05, 0.1) is 0 Å². The van der Waals surface area contributed by atoms with Gasteiger partial charge in [-0.25, -0.2) is 0 Å². The third kappa shape index (κ3) is 2.98. The Bertz CT molecular complexity index is 413. The summed E-state index contributed by atoms with van der Waals surface area (Å²) >= 11 is 8.88. The molecule has 2 aromatic heterocycles. The molecule has 0 unspecified atom stereocenters. The van der Waals surface area contributed by atoms with Crippen LogP contribution in [0, 0.1) is 0 Å². The molecule has 80 valence electrons. The molecule has 6 heteroatoms. The summed E-state index contributed by atoms with van der Waals surface area (Å²) in [5, 5.41) is 8.22. The van der Waals surface area contributed by atoms with E-state index in [0.29, 0.717) is 4.34 Å². The van der Waals surface area contributed by atoms with E-state index in [0.717, 1.165) is 18.8 Å². The first-order valence-electron chi connectivity index (χ1n) is 4.42. The van der Waals surface area contributed by atoms with Crippen LogP contribution in [0.4, 0.5) is 0 Å². The maximum Gasteiger partial charge on any atom is 0.138 e. The number of halogens is 1. The van der Waals surface area contributed by atoms with E-state index in [1.54, 1.807) is 11.3 Å². The van der Waals surface area contributed by atoms with E-state index in [4.69, 9.17) is 11.6 Å². The molecule has 2 rings (SSSR count). The van der Waals surface area contributed by atoms with Gasteiger partial charge in [0, 0.05) is 24.6 Å². The highest BCUT2D eigenvalue weighted by molar-refractivity contribution is 7.10. The zero-order valence-corrected chi connectivity index (χ0v) is 10.6. The lowest BCUT2D eigenvalue weighted by molar-refractivity contribution is 0.315. The molecule has 0 aliphatic rings. The minimum atomic E-state index is 0.687. The quantitative estimate of drug-likeness (QED) is 0.846. The van der Waals surface area contributed by atoms with Crippen molar-refractivity contribution >= 4 is 34.5 Å². The molecule has 0 radical (unpaired) electrons. The Kier molecular flexibility index (Phi) is 3.69. The van der Waals surface area contributed by atoms with Gasteiger partial charge in [-0.1, -0.05) is 16.1 Å². The monoisotopic (exact) mass is 259 g/mol. The zero-order valence-electron chi connectivity index (χ0n) is 8.18. The summed E-state index contributed by atoms with van der Waals surface area (Å²) in [5.41, 5.74) is 2.18. The lowest BCUT2D eigenvalue weighted by Gasteiger charge is -2.13. The fourth-order valence-corrected chi connectivity index (χ4v) is 2.57. The standard InChI is InChI=1S/C9H10ClN3S2/c1-13(4-7-2-3-14-6-7)5-8-9(10)15-12-11-8/h2-3,6H,4-5H2,1H3. The summed E-state index contributed by atoms with van der Waals surface area (Å²) in [7, 11) is 2.05. The zero-order chi connectivity index (χ0) is 10.7. The van der Waals surface area contributed by atoms with Crippen molar-refractivity contribution in [1.82, 2.24) is 14.5 Å². The Morgan fingerprint density at radius 3 is 2.93 bits per heavy atom. The Hall–Kier alpha value is -0.490. The van der Waals surface area contributed by atoms with E-state index >= 15 is 0 Å². The lowest BCUT2D eigenvalue weighted by Crippen LogP contribution is -2.17. The van der Waals surface area contributed by atoms with Gasteiger partial charge in [-0.2, -0.15) is 11.3 Å². The van der Waals surface area contributed by atoms with Crippen molar-refractivity contribution in [1.29, 1.82) is 0 Å². The number of rotatable bonds is 4. The first kappa shape index (κ1) is 11.0. The molecule has 3 nitrogen and oxygen atoms in total. The number of aromatic nitrogens is 2. The van der Waals surface area contributed by atoms with Gasteiger partial charge in [0.15, 0.2) is 0 Å². The van der Waals surface area contributed by atoms with Gasteiger partial charge in [-0.15, -0.1) is 5.10 Å². The molecule has 2 aromatic rings. The van der Waals surface area contributed by atoms with Crippen LogP contribution in [0.5, 0.6) is 0 Å². The molecule has 0 aliphatic carbocycles. The normalized spacial score (nSPS) is 11.1. The molecule has 0 spiro atoms. The summed E-state index contributed by atoms with van der Waals surface area (Å²) in [5.74, 6) is 0. The summed E-state index contributed by atoms with van der Waals surface area (Å²) in [6.45, 7) is 1.66. The van der Waals surface area contributed by atoms with Crippen molar-refractivity contribution in [3.8, 4) is 0 Å². The van der Waals surface area contributed by atoms with Gasteiger partial charge in [-0.3, -0.25) is 4.90 Å². The molecule has 0 atom stereocenters. The van der Waals surface area contributed by atoms with Crippen molar-refractivity contribution < 1.29 is 0 Å². The predicted molar refractivity (Wildman–Crippen MR) is 64.4 cm³/mol. The third-order valence-corrected chi connectivity index (χ3v) is 3.68. The van der Waals surface area contributed by atoms with Gasteiger partial charge >= 0.3 is 0 Å². The molecule has 0 N–H and O–H groups in total. The molecule has 2 heterocycles. The van der Waals surface area contributed by atoms with Crippen LogP contribution in [0.3, 0.4) is 0 Å². The van der Waals surface area contributed by atoms with Gasteiger partial charge in [0.1, 0.15) is 10.0 Å². The van der Waals surface area contributed by atoms with Crippen LogP contribution in [-0.2, 0) is 13.1 Å². The minimum absolute atomic E-state index is 0.687. The Labute approximate surface area is 101 Å². The number of hydrogen-bond donors (Lipinski definition) is 0. The maximum absolute atomic E-state index is 5.93. The van der Waals surface area contributed by atoms with Crippen LogP contribution in [0.1, 0.15) is 11.3 Å². The smallest absolute Gasteiger partial charge is 0.138 e. The molecule has 0 aliphatic heterocycles. The molecular weight excluding hydrogens is 250 g/mol. The van der Waals surface area contributed by atoms with Crippen molar-refractivity contribution in [2.24, 2.45) is 0 Å². The summed E-state index contributed by atoms with van der Waals surface area (Å²) in [6.07, 6.45) is 0. The van der Waals surface area contributed by atoms with E-state index in [-0.39, 0.29) is 0 Å². The topological polar surface area (TPSA) is 29.0 Å². The fraction of sp³-hybridized carbons (Fsp3) is 0.333. The lowest BCUT2D eigenvalue weighted by atomic mass is 10.3. The van der Waals surface area contributed by atoms with Crippen LogP contribution in [0.25, 0.3) is 0 Å². The molecule has 15 heavy (non-hydrogen) atoms. The largest absolute Gasteiger partial charge is 0.296 e. The first-order chi connectivity index (χ1) is 7.25. The molecule has 0 fully saturated rings. The summed E-state index contributed by atoms with van der Waals surface area (Å²) in [4.78, 5) is 2.17. The van der Waals surface area contributed by atoms with E-state index in [9.17, 15) is 0 Å². The highest BCUT2D eigenvalue weighted by atomic mass is 35.5. The average molecular weight is 260 g/mol. The first-order valence-corrected chi connectivity index (χ1v) is 6.51. The van der Waals surface area contributed by atoms with Gasteiger partial charge in [0.2, 0.25) is 0 Å². The number of hydrogen-bond acceptors (Lipinski definition) is 5. The van der Waals surface area contributed by atoms with Crippen LogP contribution in [0.15, 0.2) is 16.8 Å². The summed E-state index contributed by atoms with van der Waals surface area (Å²) < 4.78 is 4.49. The molecule has 0 saturated carbocycles. The van der Waals surface area contributed by atoms with Crippen LogP contribution in [0.2, 0.25) is 4.34 Å². The molecule has 0 amide bonds.